The van der Waals surface area contributed by atoms with Crippen molar-refractivity contribution in [3.05, 3.63) is 71.0 Å². The molecule has 106 valence electrons. The van der Waals surface area contributed by atoms with Gasteiger partial charge in [-0.2, -0.15) is 0 Å². The van der Waals surface area contributed by atoms with Gasteiger partial charge in [-0.25, -0.2) is 9.37 Å². The summed E-state index contributed by atoms with van der Waals surface area (Å²) in [6, 6.07) is 14.7. The van der Waals surface area contributed by atoms with Crippen LogP contribution in [0.25, 0.3) is 10.6 Å². The number of benzene rings is 2. The molecule has 0 saturated heterocycles. The Morgan fingerprint density at radius 2 is 1.95 bits per heavy atom. The molecule has 0 bridgehead atoms. The number of hydrogen-bond donors (Lipinski definition) is 1. The van der Waals surface area contributed by atoms with Gasteiger partial charge in [-0.3, -0.25) is 0 Å². The molecule has 2 nitrogen and oxygen atoms in total. The lowest BCUT2D eigenvalue weighted by Gasteiger charge is -2.04. The van der Waals surface area contributed by atoms with E-state index >= 15 is 0 Å². The van der Waals surface area contributed by atoms with Crippen molar-refractivity contribution in [2.75, 3.05) is 5.32 Å². The number of thiazole rings is 1. The Morgan fingerprint density at radius 3 is 2.71 bits per heavy atom. The molecule has 21 heavy (non-hydrogen) atoms. The fraction of sp³-hybridized carbons (Fsp3) is 0.118. The highest BCUT2D eigenvalue weighted by Gasteiger charge is 2.05. The smallest absolute Gasteiger partial charge is 0.123 e. The minimum atomic E-state index is -0.225. The molecule has 0 saturated carbocycles. The third-order valence-corrected chi connectivity index (χ3v) is 4.07. The fourth-order valence-electron chi connectivity index (χ4n) is 2.06. The molecule has 0 atom stereocenters. The zero-order valence-electron chi connectivity index (χ0n) is 11.6. The molecule has 4 heteroatoms. The lowest BCUT2D eigenvalue weighted by atomic mass is 10.2. The average Bonchev–Trinajstić information content (AvgIpc) is 2.95. The van der Waals surface area contributed by atoms with Crippen LogP contribution in [-0.4, -0.2) is 4.98 Å². The fourth-order valence-corrected chi connectivity index (χ4v) is 2.89. The first-order valence-electron chi connectivity index (χ1n) is 6.71. The molecular weight excluding hydrogens is 283 g/mol. The predicted molar refractivity (Wildman–Crippen MR) is 86.0 cm³/mol. The van der Waals surface area contributed by atoms with Gasteiger partial charge in [-0.15, -0.1) is 11.3 Å². The Hall–Kier alpha value is -2.20. The Kier molecular flexibility index (Phi) is 3.97. The van der Waals surface area contributed by atoms with Crippen LogP contribution in [0.4, 0.5) is 10.1 Å². The quantitative estimate of drug-likeness (QED) is 0.743. The van der Waals surface area contributed by atoms with Crippen LogP contribution in [-0.2, 0) is 6.54 Å². The molecule has 0 aliphatic rings. The first kappa shape index (κ1) is 13.8. The zero-order valence-corrected chi connectivity index (χ0v) is 12.5. The van der Waals surface area contributed by atoms with E-state index in [2.05, 4.69) is 29.4 Å². The summed E-state index contributed by atoms with van der Waals surface area (Å²) in [4.78, 5) is 4.58. The highest BCUT2D eigenvalue weighted by molar-refractivity contribution is 7.13. The van der Waals surface area contributed by atoms with Gasteiger partial charge in [0.2, 0.25) is 0 Å². The lowest BCUT2D eigenvalue weighted by Crippen LogP contribution is -1.99. The predicted octanol–water partition coefficient (Wildman–Crippen LogP) is 4.87. The molecule has 1 aromatic heterocycles. The van der Waals surface area contributed by atoms with Crippen molar-refractivity contribution < 1.29 is 4.39 Å². The minimum Gasteiger partial charge on any atom is -0.379 e. The molecule has 0 unspecified atom stereocenters. The molecule has 0 aliphatic heterocycles. The van der Waals surface area contributed by atoms with Crippen molar-refractivity contribution >= 4 is 17.0 Å². The molecule has 2 aromatic carbocycles. The second-order valence-corrected chi connectivity index (χ2v) is 5.73. The third kappa shape index (κ3) is 3.47. The Labute approximate surface area is 127 Å². The number of hydrogen-bond acceptors (Lipinski definition) is 3. The van der Waals surface area contributed by atoms with Gasteiger partial charge >= 0.3 is 0 Å². The second-order valence-electron chi connectivity index (χ2n) is 4.87. The van der Waals surface area contributed by atoms with E-state index in [1.807, 2.05) is 17.5 Å². The summed E-state index contributed by atoms with van der Waals surface area (Å²) in [5, 5.41) is 6.30. The lowest BCUT2D eigenvalue weighted by molar-refractivity contribution is 0.628. The van der Waals surface area contributed by atoms with Gasteiger partial charge in [0.15, 0.2) is 0 Å². The van der Waals surface area contributed by atoms with Crippen LogP contribution in [0.1, 0.15) is 11.3 Å². The summed E-state index contributed by atoms with van der Waals surface area (Å²) in [7, 11) is 0. The van der Waals surface area contributed by atoms with Crippen LogP contribution < -0.4 is 5.32 Å². The van der Waals surface area contributed by atoms with Crippen molar-refractivity contribution in [3.8, 4) is 10.6 Å². The molecular formula is C17H15FN2S. The zero-order chi connectivity index (χ0) is 14.7. The van der Waals surface area contributed by atoms with Gasteiger partial charge in [-0.1, -0.05) is 12.1 Å². The van der Waals surface area contributed by atoms with Crippen LogP contribution in [0.15, 0.2) is 53.9 Å². The number of halogens is 1. The van der Waals surface area contributed by atoms with Crippen LogP contribution in [0, 0.1) is 12.7 Å². The first-order chi connectivity index (χ1) is 10.2. The summed E-state index contributed by atoms with van der Waals surface area (Å²) in [5.41, 5.74) is 4.25. The van der Waals surface area contributed by atoms with E-state index in [-0.39, 0.29) is 5.82 Å². The molecule has 0 spiro atoms. The van der Waals surface area contributed by atoms with Gasteiger partial charge in [0.25, 0.3) is 0 Å². The number of nitrogens with one attached hydrogen (secondary N) is 1. The maximum Gasteiger partial charge on any atom is 0.123 e. The molecule has 3 aromatic rings. The molecule has 0 aliphatic carbocycles. The van der Waals surface area contributed by atoms with Gasteiger partial charge in [0, 0.05) is 16.6 Å². The van der Waals surface area contributed by atoms with Crippen LogP contribution in [0.3, 0.4) is 0 Å². The maximum atomic E-state index is 12.9. The van der Waals surface area contributed by atoms with Crippen molar-refractivity contribution in [3.63, 3.8) is 0 Å². The van der Waals surface area contributed by atoms with Crippen LogP contribution in [0.2, 0.25) is 0 Å². The summed E-state index contributed by atoms with van der Waals surface area (Å²) in [6.07, 6.45) is 0. The maximum absolute atomic E-state index is 12.9. The molecule has 0 amide bonds. The Bertz CT molecular complexity index is 735. The Morgan fingerprint density at radius 1 is 1.14 bits per heavy atom. The molecule has 3 rings (SSSR count). The van der Waals surface area contributed by atoms with Crippen molar-refractivity contribution in [2.45, 2.75) is 13.5 Å². The molecule has 1 N–H and O–H groups in total. The molecule has 0 fully saturated rings. The monoisotopic (exact) mass is 298 g/mol. The Balaban J connectivity index is 1.69. The van der Waals surface area contributed by atoms with Gasteiger partial charge in [0.05, 0.1) is 12.2 Å². The number of aromatic nitrogens is 1. The summed E-state index contributed by atoms with van der Waals surface area (Å²) in [6.45, 7) is 2.75. The molecule has 1 heterocycles. The summed E-state index contributed by atoms with van der Waals surface area (Å²) in [5.74, 6) is -0.225. The number of aryl methyl sites for hydroxylation is 1. The van der Waals surface area contributed by atoms with Gasteiger partial charge in [-0.05, 0) is 48.9 Å². The topological polar surface area (TPSA) is 24.9 Å². The molecule has 0 radical (unpaired) electrons. The van der Waals surface area contributed by atoms with Crippen LogP contribution in [0.5, 0.6) is 0 Å². The SMILES string of the molecule is Cc1cccc(NCc2csc(-c3ccc(F)cc3)n2)c1. The third-order valence-electron chi connectivity index (χ3n) is 3.13. The van der Waals surface area contributed by atoms with Crippen molar-refractivity contribution in [2.24, 2.45) is 0 Å². The largest absolute Gasteiger partial charge is 0.379 e. The number of rotatable bonds is 4. The van der Waals surface area contributed by atoms with E-state index in [1.165, 1.54) is 17.7 Å². The average molecular weight is 298 g/mol. The highest BCUT2D eigenvalue weighted by atomic mass is 32.1. The van der Waals surface area contributed by atoms with E-state index in [0.717, 1.165) is 22.0 Å². The minimum absolute atomic E-state index is 0.225. The van der Waals surface area contributed by atoms with Crippen LogP contribution >= 0.6 is 11.3 Å². The van der Waals surface area contributed by atoms with E-state index in [9.17, 15) is 4.39 Å². The van der Waals surface area contributed by atoms with E-state index in [4.69, 9.17) is 0 Å². The van der Waals surface area contributed by atoms with Gasteiger partial charge in [0.1, 0.15) is 10.8 Å². The number of anilines is 1. The van der Waals surface area contributed by atoms with Crippen molar-refractivity contribution in [1.82, 2.24) is 4.98 Å². The normalized spacial score (nSPS) is 10.6. The number of nitrogens with zero attached hydrogens (tertiary/aromatic N) is 1. The van der Waals surface area contributed by atoms with E-state index in [0.29, 0.717) is 6.54 Å². The standard InChI is InChI=1S/C17H15FN2S/c1-12-3-2-4-15(9-12)19-10-16-11-21-17(20-16)13-5-7-14(18)8-6-13/h2-9,11,19H,10H2,1H3. The van der Waals surface area contributed by atoms with Crippen molar-refractivity contribution in [1.29, 1.82) is 0 Å². The first-order valence-corrected chi connectivity index (χ1v) is 7.59. The summed E-state index contributed by atoms with van der Waals surface area (Å²) < 4.78 is 12.9. The van der Waals surface area contributed by atoms with Gasteiger partial charge < -0.3 is 5.32 Å². The van der Waals surface area contributed by atoms with E-state index in [1.54, 1.807) is 23.5 Å². The highest BCUT2D eigenvalue weighted by Crippen LogP contribution is 2.24. The second kappa shape index (κ2) is 6.06. The van der Waals surface area contributed by atoms with E-state index < -0.39 is 0 Å². The summed E-state index contributed by atoms with van der Waals surface area (Å²) >= 11 is 1.57.